The first kappa shape index (κ1) is 32.6. The quantitative estimate of drug-likeness (QED) is 0.179. The first-order valence-corrected chi connectivity index (χ1v) is 20.8. The summed E-state index contributed by atoms with van der Waals surface area (Å²) in [5, 5.41) is 2.53. The van der Waals surface area contributed by atoms with Crippen molar-refractivity contribution in [1.82, 2.24) is 15.0 Å². The molecule has 0 unspecified atom stereocenters. The number of benzene rings is 8. The van der Waals surface area contributed by atoms with Gasteiger partial charge >= 0.3 is 0 Å². The summed E-state index contributed by atoms with van der Waals surface area (Å²) in [5.41, 5.74) is 12.8. The first-order chi connectivity index (χ1) is 28.2. The van der Waals surface area contributed by atoms with E-state index in [1.54, 1.807) is 11.3 Å². The molecular formula is C52H31N3S2. The Morgan fingerprint density at radius 1 is 0.333 bits per heavy atom. The number of hydrogen-bond donors (Lipinski definition) is 0. The van der Waals surface area contributed by atoms with E-state index in [0.717, 1.165) is 22.3 Å². The highest BCUT2D eigenvalue weighted by Crippen LogP contribution is 2.62. The van der Waals surface area contributed by atoms with E-state index in [4.69, 9.17) is 15.0 Å². The smallest absolute Gasteiger partial charge is 0.164 e. The fourth-order valence-corrected chi connectivity index (χ4v) is 11.4. The van der Waals surface area contributed by atoms with Crippen LogP contribution in [0.25, 0.3) is 76.6 Å². The van der Waals surface area contributed by atoms with Gasteiger partial charge in [0, 0.05) is 46.7 Å². The predicted molar refractivity (Wildman–Crippen MR) is 236 cm³/mol. The van der Waals surface area contributed by atoms with Gasteiger partial charge in [-0.15, -0.1) is 11.3 Å². The molecular weight excluding hydrogens is 731 g/mol. The van der Waals surface area contributed by atoms with E-state index in [0.29, 0.717) is 17.5 Å². The number of rotatable bonds is 4. The van der Waals surface area contributed by atoms with Crippen molar-refractivity contribution in [1.29, 1.82) is 0 Å². The molecule has 0 saturated heterocycles. The molecule has 5 heteroatoms. The normalized spacial score (nSPS) is 13.3. The van der Waals surface area contributed by atoms with Crippen molar-refractivity contribution < 1.29 is 0 Å². The van der Waals surface area contributed by atoms with Crippen LogP contribution in [0.2, 0.25) is 0 Å². The summed E-state index contributed by atoms with van der Waals surface area (Å²) in [7, 11) is 0. The lowest BCUT2D eigenvalue weighted by Gasteiger charge is -2.40. The highest BCUT2D eigenvalue weighted by molar-refractivity contribution is 7.99. The summed E-state index contributed by atoms with van der Waals surface area (Å²) < 4.78 is 2.50. The lowest BCUT2D eigenvalue weighted by Crippen LogP contribution is -2.32. The Bertz CT molecular complexity index is 3180. The number of nitrogens with zero attached hydrogens (tertiary/aromatic N) is 3. The highest BCUT2D eigenvalue weighted by Gasteiger charge is 2.50. The summed E-state index contributed by atoms with van der Waals surface area (Å²) in [6, 6.07) is 68.0. The zero-order valence-corrected chi connectivity index (χ0v) is 32.2. The number of hydrogen-bond acceptors (Lipinski definition) is 5. The Morgan fingerprint density at radius 3 is 1.61 bits per heavy atom. The van der Waals surface area contributed by atoms with E-state index in [2.05, 4.69) is 170 Å². The standard InChI is InChI=1S/C52H31N3S2/c1-2-12-33(13-3-1)49-53-50(55-51(54-49)36-26-28-40-39-16-6-10-20-45(39)56-48(40)31-36)34-24-22-32(23-25-34)35-27-29-47-44(30-35)52(43-19-9-11-21-46(43)57-47)41-17-7-4-14-37(41)38-15-5-8-18-42(38)52/h1-31H. The van der Waals surface area contributed by atoms with E-state index >= 15 is 0 Å². The van der Waals surface area contributed by atoms with Gasteiger partial charge in [-0.25, -0.2) is 15.0 Å². The molecule has 0 fully saturated rings. The van der Waals surface area contributed by atoms with Gasteiger partial charge in [-0.1, -0.05) is 169 Å². The third kappa shape index (κ3) is 4.96. The van der Waals surface area contributed by atoms with Crippen molar-refractivity contribution >= 4 is 43.3 Å². The topological polar surface area (TPSA) is 38.7 Å². The summed E-state index contributed by atoms with van der Waals surface area (Å²) in [6.45, 7) is 0. The molecule has 3 nitrogen and oxygen atoms in total. The molecule has 0 amide bonds. The van der Waals surface area contributed by atoms with Gasteiger partial charge in [0.25, 0.3) is 0 Å². The van der Waals surface area contributed by atoms with Gasteiger partial charge in [0.15, 0.2) is 17.5 Å². The average molecular weight is 762 g/mol. The van der Waals surface area contributed by atoms with Crippen LogP contribution in [0.3, 0.4) is 0 Å². The molecule has 1 aliphatic carbocycles. The molecule has 0 saturated carbocycles. The minimum absolute atomic E-state index is 0.408. The van der Waals surface area contributed by atoms with Crippen LogP contribution in [0.15, 0.2) is 198 Å². The number of thiophene rings is 1. The zero-order valence-electron chi connectivity index (χ0n) is 30.6. The Kier molecular flexibility index (Phi) is 7.25. The van der Waals surface area contributed by atoms with Gasteiger partial charge in [0.1, 0.15) is 0 Å². The van der Waals surface area contributed by atoms with Crippen LogP contribution >= 0.6 is 23.1 Å². The minimum Gasteiger partial charge on any atom is -0.208 e. The van der Waals surface area contributed by atoms with Crippen LogP contribution in [-0.4, -0.2) is 15.0 Å². The van der Waals surface area contributed by atoms with Crippen molar-refractivity contribution in [2.45, 2.75) is 15.2 Å². The van der Waals surface area contributed by atoms with E-state index < -0.39 is 5.41 Å². The van der Waals surface area contributed by atoms with Gasteiger partial charge in [0.05, 0.1) is 5.41 Å². The molecule has 0 N–H and O–H groups in total. The lowest BCUT2D eigenvalue weighted by molar-refractivity contribution is 0.723. The largest absolute Gasteiger partial charge is 0.208 e. The number of aromatic nitrogens is 3. The van der Waals surface area contributed by atoms with Crippen LogP contribution in [0, 0.1) is 0 Å². The Labute approximate surface area is 338 Å². The van der Waals surface area contributed by atoms with E-state index in [9.17, 15) is 0 Å². The lowest BCUT2D eigenvalue weighted by atomic mass is 9.67. The summed E-state index contributed by atoms with van der Waals surface area (Å²) in [5.74, 6) is 1.97. The van der Waals surface area contributed by atoms with Crippen LogP contribution < -0.4 is 0 Å². The Balaban J connectivity index is 0.976. The maximum absolute atomic E-state index is 5.11. The van der Waals surface area contributed by atoms with Gasteiger partial charge in [-0.05, 0) is 74.8 Å². The molecule has 2 aromatic heterocycles. The molecule has 0 bridgehead atoms. The highest BCUT2D eigenvalue weighted by atomic mass is 32.2. The molecule has 12 rings (SSSR count). The second-order valence-electron chi connectivity index (χ2n) is 14.7. The molecule has 2 aliphatic rings. The van der Waals surface area contributed by atoms with Crippen LogP contribution in [0.4, 0.5) is 0 Å². The monoisotopic (exact) mass is 761 g/mol. The SMILES string of the molecule is c1ccc(-c2nc(-c3ccc(-c4ccc5c(c4)C4(c6ccccc6S5)c5ccccc5-c5ccccc54)cc3)nc(-c3ccc4c(c3)sc3ccccc34)n2)cc1. The summed E-state index contributed by atoms with van der Waals surface area (Å²) in [6.07, 6.45) is 0. The van der Waals surface area contributed by atoms with Crippen LogP contribution in [-0.2, 0) is 5.41 Å². The number of fused-ring (bicyclic) bond motifs is 12. The Hall–Kier alpha value is -6.66. The van der Waals surface area contributed by atoms with Gasteiger partial charge in [-0.2, -0.15) is 0 Å². The molecule has 10 aromatic rings. The molecule has 57 heavy (non-hydrogen) atoms. The first-order valence-electron chi connectivity index (χ1n) is 19.2. The van der Waals surface area contributed by atoms with Gasteiger partial charge < -0.3 is 0 Å². The maximum atomic E-state index is 5.11. The summed E-state index contributed by atoms with van der Waals surface area (Å²) in [4.78, 5) is 17.8. The minimum atomic E-state index is -0.408. The van der Waals surface area contributed by atoms with Crippen molar-refractivity contribution in [3.05, 3.63) is 210 Å². The zero-order chi connectivity index (χ0) is 37.5. The average Bonchev–Trinajstić information content (AvgIpc) is 3.80. The van der Waals surface area contributed by atoms with Crippen molar-refractivity contribution in [2.24, 2.45) is 0 Å². The van der Waals surface area contributed by atoms with E-state index in [1.165, 1.54) is 68.9 Å². The molecule has 0 radical (unpaired) electrons. The van der Waals surface area contributed by atoms with Gasteiger partial charge in [0.2, 0.25) is 0 Å². The Morgan fingerprint density at radius 2 is 0.860 bits per heavy atom. The predicted octanol–water partition coefficient (Wildman–Crippen LogP) is 13.7. The molecule has 1 spiro atoms. The fraction of sp³-hybridized carbons (Fsp3) is 0.0192. The van der Waals surface area contributed by atoms with Crippen molar-refractivity contribution in [3.8, 4) is 56.4 Å². The van der Waals surface area contributed by atoms with E-state index in [1.807, 2.05) is 30.0 Å². The molecule has 0 atom stereocenters. The van der Waals surface area contributed by atoms with Gasteiger partial charge in [-0.3, -0.25) is 0 Å². The van der Waals surface area contributed by atoms with Crippen LogP contribution in [0.5, 0.6) is 0 Å². The van der Waals surface area contributed by atoms with Crippen molar-refractivity contribution in [2.75, 3.05) is 0 Å². The third-order valence-corrected chi connectivity index (χ3v) is 13.9. The molecule has 1 aliphatic heterocycles. The molecule has 266 valence electrons. The van der Waals surface area contributed by atoms with Crippen molar-refractivity contribution in [3.63, 3.8) is 0 Å². The molecule has 3 heterocycles. The second kappa shape index (κ2) is 12.7. The van der Waals surface area contributed by atoms with Crippen LogP contribution in [0.1, 0.15) is 22.3 Å². The summed E-state index contributed by atoms with van der Waals surface area (Å²) >= 11 is 3.68. The second-order valence-corrected chi connectivity index (χ2v) is 16.9. The van der Waals surface area contributed by atoms with E-state index in [-0.39, 0.29) is 0 Å². The molecule has 8 aromatic carbocycles. The fourth-order valence-electron chi connectivity index (χ4n) is 9.06. The third-order valence-electron chi connectivity index (χ3n) is 11.6. The maximum Gasteiger partial charge on any atom is 0.164 e.